The van der Waals surface area contributed by atoms with E-state index in [2.05, 4.69) is 6.92 Å². The van der Waals surface area contributed by atoms with Gasteiger partial charge in [0, 0.05) is 0 Å². The van der Waals surface area contributed by atoms with Gasteiger partial charge in [-0.1, -0.05) is 13.8 Å². The molecule has 0 amide bonds. The van der Waals surface area contributed by atoms with Crippen molar-refractivity contribution in [1.82, 2.24) is 0 Å². The molecule has 3 atom stereocenters. The van der Waals surface area contributed by atoms with Gasteiger partial charge in [-0.05, 0) is 39.0 Å². The zero-order valence-corrected chi connectivity index (χ0v) is 9.21. The Labute approximate surface area is 81.3 Å². The van der Waals surface area contributed by atoms with Crippen LogP contribution in [0.4, 0.5) is 0 Å². The Balaban J connectivity index is 2.59. The molecule has 1 heterocycles. The van der Waals surface area contributed by atoms with Gasteiger partial charge >= 0.3 is 0 Å². The van der Waals surface area contributed by atoms with E-state index in [0.29, 0.717) is 6.10 Å². The molecule has 0 unspecified atom stereocenters. The van der Waals surface area contributed by atoms with E-state index in [1.165, 1.54) is 6.42 Å². The predicted octanol–water partition coefficient (Wildman–Crippen LogP) is 2.35. The first-order chi connectivity index (χ1) is 5.94. The lowest BCUT2D eigenvalue weighted by molar-refractivity contribution is -0.161. The largest absolute Gasteiger partial charge is 0.387 e. The van der Waals surface area contributed by atoms with Crippen LogP contribution in [0.2, 0.25) is 0 Å². The second-order valence-corrected chi connectivity index (χ2v) is 4.75. The van der Waals surface area contributed by atoms with Gasteiger partial charge in [0.15, 0.2) is 0 Å². The van der Waals surface area contributed by atoms with Crippen LogP contribution in [0.25, 0.3) is 0 Å². The Kier molecular flexibility index (Phi) is 3.36. The molecule has 0 bridgehead atoms. The van der Waals surface area contributed by atoms with Gasteiger partial charge in [0.25, 0.3) is 0 Å². The highest BCUT2D eigenvalue weighted by atomic mass is 16.5. The van der Waals surface area contributed by atoms with Crippen molar-refractivity contribution in [3.63, 3.8) is 0 Å². The second-order valence-electron chi connectivity index (χ2n) is 4.75. The Morgan fingerprint density at radius 2 is 2.00 bits per heavy atom. The summed E-state index contributed by atoms with van der Waals surface area (Å²) in [5, 5.41) is 10.2. The van der Waals surface area contributed by atoms with E-state index in [4.69, 9.17) is 4.74 Å². The summed E-state index contributed by atoms with van der Waals surface area (Å²) in [6.07, 6.45) is 3.63. The lowest BCUT2D eigenvalue weighted by Crippen LogP contribution is -2.48. The first-order valence-corrected chi connectivity index (χ1v) is 5.32. The number of aliphatic hydroxyl groups is 1. The fourth-order valence-electron chi connectivity index (χ4n) is 1.81. The van der Waals surface area contributed by atoms with Gasteiger partial charge in [-0.15, -0.1) is 0 Å². The molecule has 0 aromatic heterocycles. The quantitative estimate of drug-likeness (QED) is 0.717. The lowest BCUT2D eigenvalue weighted by atomic mass is 9.83. The van der Waals surface area contributed by atoms with E-state index in [0.717, 1.165) is 12.8 Å². The fraction of sp³-hybridized carbons (Fsp3) is 1.00. The van der Waals surface area contributed by atoms with Crippen molar-refractivity contribution >= 4 is 0 Å². The fourth-order valence-corrected chi connectivity index (χ4v) is 1.81. The standard InChI is InChI=1S/C11H22O2/c1-8(2)11(4,12)10-7-5-6-9(3)13-10/h8-10,12H,5-7H2,1-4H3/t9-,10+,11+/m1/s1. The summed E-state index contributed by atoms with van der Waals surface area (Å²) in [6, 6.07) is 0. The van der Waals surface area contributed by atoms with Gasteiger partial charge in [-0.25, -0.2) is 0 Å². The molecule has 0 spiro atoms. The molecule has 1 rings (SSSR count). The minimum atomic E-state index is -0.672. The summed E-state index contributed by atoms with van der Waals surface area (Å²) in [5.74, 6) is 0.253. The zero-order valence-electron chi connectivity index (χ0n) is 9.21. The monoisotopic (exact) mass is 186 g/mol. The normalized spacial score (nSPS) is 34.6. The molecular weight excluding hydrogens is 164 g/mol. The third-order valence-corrected chi connectivity index (χ3v) is 3.29. The van der Waals surface area contributed by atoms with Crippen LogP contribution in [0, 0.1) is 5.92 Å². The number of rotatable bonds is 2. The molecule has 1 fully saturated rings. The van der Waals surface area contributed by atoms with E-state index in [1.54, 1.807) is 0 Å². The topological polar surface area (TPSA) is 29.5 Å². The molecule has 1 aliphatic heterocycles. The molecule has 0 aromatic carbocycles. The predicted molar refractivity (Wildman–Crippen MR) is 53.6 cm³/mol. The van der Waals surface area contributed by atoms with Crippen molar-refractivity contribution in [3.05, 3.63) is 0 Å². The summed E-state index contributed by atoms with van der Waals surface area (Å²) < 4.78 is 5.76. The zero-order chi connectivity index (χ0) is 10.1. The van der Waals surface area contributed by atoms with Crippen LogP contribution in [0.3, 0.4) is 0 Å². The molecule has 0 saturated carbocycles. The van der Waals surface area contributed by atoms with E-state index >= 15 is 0 Å². The smallest absolute Gasteiger partial charge is 0.0903 e. The summed E-state index contributed by atoms with van der Waals surface area (Å²) >= 11 is 0. The second kappa shape index (κ2) is 3.97. The molecular formula is C11H22O2. The first-order valence-electron chi connectivity index (χ1n) is 5.32. The molecule has 0 aromatic rings. The molecule has 2 nitrogen and oxygen atoms in total. The van der Waals surface area contributed by atoms with Crippen molar-refractivity contribution in [2.75, 3.05) is 0 Å². The number of ether oxygens (including phenoxy) is 1. The molecule has 0 aliphatic carbocycles. The summed E-state index contributed by atoms with van der Waals surface area (Å²) in [7, 11) is 0. The van der Waals surface area contributed by atoms with Gasteiger partial charge in [-0.2, -0.15) is 0 Å². The van der Waals surface area contributed by atoms with Gasteiger partial charge in [0.05, 0.1) is 17.8 Å². The van der Waals surface area contributed by atoms with Crippen molar-refractivity contribution in [2.24, 2.45) is 5.92 Å². The Morgan fingerprint density at radius 3 is 2.46 bits per heavy atom. The van der Waals surface area contributed by atoms with Gasteiger partial charge in [0.1, 0.15) is 0 Å². The Hall–Kier alpha value is -0.0800. The van der Waals surface area contributed by atoms with Crippen LogP contribution < -0.4 is 0 Å². The Morgan fingerprint density at radius 1 is 1.38 bits per heavy atom. The lowest BCUT2D eigenvalue weighted by Gasteiger charge is -2.40. The molecule has 78 valence electrons. The number of hydrogen-bond acceptors (Lipinski definition) is 2. The van der Waals surface area contributed by atoms with Crippen LogP contribution in [0.1, 0.15) is 47.0 Å². The van der Waals surface area contributed by atoms with E-state index in [1.807, 2.05) is 20.8 Å². The van der Waals surface area contributed by atoms with E-state index in [-0.39, 0.29) is 12.0 Å². The van der Waals surface area contributed by atoms with Crippen molar-refractivity contribution < 1.29 is 9.84 Å². The first kappa shape index (κ1) is 11.0. The van der Waals surface area contributed by atoms with E-state index in [9.17, 15) is 5.11 Å². The Bertz CT molecular complexity index is 163. The van der Waals surface area contributed by atoms with Gasteiger partial charge in [0.2, 0.25) is 0 Å². The highest BCUT2D eigenvalue weighted by molar-refractivity contribution is 4.88. The van der Waals surface area contributed by atoms with Crippen molar-refractivity contribution in [2.45, 2.75) is 64.8 Å². The summed E-state index contributed by atoms with van der Waals surface area (Å²) in [5.41, 5.74) is -0.672. The van der Waals surface area contributed by atoms with Crippen LogP contribution in [0.15, 0.2) is 0 Å². The molecule has 0 radical (unpaired) electrons. The summed E-state index contributed by atoms with van der Waals surface area (Å²) in [6.45, 7) is 8.06. The van der Waals surface area contributed by atoms with Crippen LogP contribution in [0.5, 0.6) is 0 Å². The van der Waals surface area contributed by atoms with Gasteiger partial charge in [-0.3, -0.25) is 0 Å². The average Bonchev–Trinajstić information content (AvgIpc) is 2.04. The maximum atomic E-state index is 10.2. The molecule has 1 saturated heterocycles. The van der Waals surface area contributed by atoms with Crippen LogP contribution in [-0.2, 0) is 4.74 Å². The molecule has 13 heavy (non-hydrogen) atoms. The highest BCUT2D eigenvalue weighted by Crippen LogP contribution is 2.31. The number of hydrogen-bond donors (Lipinski definition) is 1. The maximum absolute atomic E-state index is 10.2. The third kappa shape index (κ3) is 2.44. The average molecular weight is 186 g/mol. The van der Waals surface area contributed by atoms with Crippen LogP contribution in [-0.4, -0.2) is 22.9 Å². The van der Waals surface area contributed by atoms with Gasteiger partial charge < -0.3 is 9.84 Å². The molecule has 1 N–H and O–H groups in total. The SMILES string of the molecule is CC(C)[C@](C)(O)[C@@H]1CCC[C@@H](C)O1. The minimum Gasteiger partial charge on any atom is -0.387 e. The van der Waals surface area contributed by atoms with Crippen molar-refractivity contribution in [1.29, 1.82) is 0 Å². The van der Waals surface area contributed by atoms with E-state index < -0.39 is 5.60 Å². The summed E-state index contributed by atoms with van der Waals surface area (Å²) in [4.78, 5) is 0. The highest BCUT2D eigenvalue weighted by Gasteiger charge is 2.38. The maximum Gasteiger partial charge on any atom is 0.0903 e. The van der Waals surface area contributed by atoms with Crippen molar-refractivity contribution in [3.8, 4) is 0 Å². The van der Waals surface area contributed by atoms with Crippen LogP contribution >= 0.6 is 0 Å². The third-order valence-electron chi connectivity index (χ3n) is 3.29. The molecule has 2 heteroatoms. The molecule has 1 aliphatic rings. The minimum absolute atomic E-state index is 0.0243.